The molecule has 0 spiro atoms. The molecular weight excluding hydrogens is 286 g/mol. The molecule has 1 aliphatic rings. The third-order valence-electron chi connectivity index (χ3n) is 4.11. The molecular formula is C15H29N3O4. The van der Waals surface area contributed by atoms with Crippen molar-refractivity contribution in [3.8, 4) is 0 Å². The Morgan fingerprint density at radius 1 is 1.14 bits per heavy atom. The van der Waals surface area contributed by atoms with Crippen LogP contribution in [0.5, 0.6) is 0 Å². The van der Waals surface area contributed by atoms with Crippen molar-refractivity contribution in [1.82, 2.24) is 15.1 Å². The number of carbonyl (C=O) groups is 2. The van der Waals surface area contributed by atoms with Crippen LogP contribution in [0.1, 0.15) is 12.8 Å². The molecule has 0 aliphatic carbocycles. The van der Waals surface area contributed by atoms with Crippen LogP contribution in [0.4, 0.5) is 0 Å². The third-order valence-corrected chi connectivity index (χ3v) is 4.11. The molecule has 0 saturated carbocycles. The van der Waals surface area contributed by atoms with Gasteiger partial charge in [-0.05, 0) is 25.9 Å². The Morgan fingerprint density at radius 2 is 1.77 bits per heavy atom. The van der Waals surface area contributed by atoms with E-state index in [2.05, 4.69) is 5.32 Å². The largest absolute Gasteiger partial charge is 0.384 e. The van der Waals surface area contributed by atoms with Crippen molar-refractivity contribution >= 4 is 11.8 Å². The van der Waals surface area contributed by atoms with Gasteiger partial charge in [0, 0.05) is 34.9 Å². The van der Waals surface area contributed by atoms with Crippen LogP contribution in [-0.2, 0) is 19.1 Å². The summed E-state index contributed by atoms with van der Waals surface area (Å²) >= 11 is 0. The molecule has 0 aromatic carbocycles. The van der Waals surface area contributed by atoms with Crippen LogP contribution < -0.4 is 5.32 Å². The van der Waals surface area contributed by atoms with E-state index in [4.69, 9.17) is 9.47 Å². The Balaban J connectivity index is 2.88. The number of amides is 2. The third kappa shape index (κ3) is 4.93. The molecule has 1 rings (SSSR count). The van der Waals surface area contributed by atoms with Gasteiger partial charge in [-0.2, -0.15) is 0 Å². The van der Waals surface area contributed by atoms with Crippen molar-refractivity contribution in [2.24, 2.45) is 5.41 Å². The highest BCUT2D eigenvalue weighted by Gasteiger charge is 2.42. The molecule has 128 valence electrons. The van der Waals surface area contributed by atoms with E-state index in [9.17, 15) is 9.59 Å². The first-order valence-electron chi connectivity index (χ1n) is 7.65. The number of likely N-dealkylation sites (N-methyl/N-ethyl adjacent to an activating group) is 1. The second kappa shape index (κ2) is 9.07. The highest BCUT2D eigenvalue weighted by atomic mass is 16.5. The first-order chi connectivity index (χ1) is 10.5. The molecule has 1 aliphatic heterocycles. The molecule has 0 unspecified atom stereocenters. The second-order valence-electron chi connectivity index (χ2n) is 5.97. The molecule has 0 bridgehead atoms. The summed E-state index contributed by atoms with van der Waals surface area (Å²) in [7, 11) is 6.58. The van der Waals surface area contributed by atoms with Gasteiger partial charge in [-0.15, -0.1) is 0 Å². The minimum absolute atomic E-state index is 0.0110. The molecule has 1 fully saturated rings. The Hall–Kier alpha value is -1.18. The van der Waals surface area contributed by atoms with Crippen molar-refractivity contribution in [3.63, 3.8) is 0 Å². The Morgan fingerprint density at radius 3 is 2.27 bits per heavy atom. The summed E-state index contributed by atoms with van der Waals surface area (Å²) < 4.78 is 10.4. The SMILES string of the molecule is COCCN(CC(=O)N(C)C)C(=O)C1(COC)CCNCC1. The van der Waals surface area contributed by atoms with Crippen LogP contribution in [0.2, 0.25) is 0 Å². The molecule has 1 heterocycles. The standard InChI is InChI=1S/C15H29N3O4/c1-17(2)13(19)11-18(9-10-21-3)14(20)15(12-22-4)5-7-16-8-6-15/h16H,5-12H2,1-4H3. The summed E-state index contributed by atoms with van der Waals surface area (Å²) in [6, 6.07) is 0. The lowest BCUT2D eigenvalue weighted by Crippen LogP contribution is -2.54. The Bertz CT molecular complexity index is 362. The molecule has 2 amide bonds. The fourth-order valence-corrected chi connectivity index (χ4v) is 2.70. The molecule has 22 heavy (non-hydrogen) atoms. The molecule has 7 heteroatoms. The maximum Gasteiger partial charge on any atom is 0.241 e. The zero-order chi connectivity index (χ0) is 16.6. The number of methoxy groups -OCH3 is 2. The van der Waals surface area contributed by atoms with Crippen LogP contribution in [0.3, 0.4) is 0 Å². The highest BCUT2D eigenvalue weighted by molar-refractivity contribution is 5.88. The van der Waals surface area contributed by atoms with Crippen molar-refractivity contribution in [3.05, 3.63) is 0 Å². The van der Waals surface area contributed by atoms with Crippen LogP contribution in [0, 0.1) is 5.41 Å². The molecule has 1 saturated heterocycles. The normalized spacial score (nSPS) is 17.1. The van der Waals surface area contributed by atoms with Crippen molar-refractivity contribution in [2.45, 2.75) is 12.8 Å². The summed E-state index contributed by atoms with van der Waals surface area (Å²) in [4.78, 5) is 28.2. The zero-order valence-electron chi connectivity index (χ0n) is 14.2. The van der Waals surface area contributed by atoms with Crippen LogP contribution in [0.15, 0.2) is 0 Å². The minimum Gasteiger partial charge on any atom is -0.384 e. The van der Waals surface area contributed by atoms with Crippen LogP contribution in [0.25, 0.3) is 0 Å². The van der Waals surface area contributed by atoms with Gasteiger partial charge < -0.3 is 24.6 Å². The summed E-state index contributed by atoms with van der Waals surface area (Å²) in [5, 5.41) is 3.27. The summed E-state index contributed by atoms with van der Waals surface area (Å²) in [5.74, 6) is -0.103. The summed E-state index contributed by atoms with van der Waals surface area (Å²) in [6.07, 6.45) is 1.44. The van der Waals surface area contributed by atoms with Crippen LogP contribution >= 0.6 is 0 Å². The molecule has 0 radical (unpaired) electrons. The molecule has 7 nitrogen and oxygen atoms in total. The molecule has 0 aromatic heterocycles. The van der Waals surface area contributed by atoms with E-state index < -0.39 is 5.41 Å². The number of nitrogens with one attached hydrogen (secondary N) is 1. The lowest BCUT2D eigenvalue weighted by Gasteiger charge is -2.39. The fourth-order valence-electron chi connectivity index (χ4n) is 2.70. The van der Waals surface area contributed by atoms with Crippen molar-refractivity contribution in [1.29, 1.82) is 0 Å². The van der Waals surface area contributed by atoms with E-state index in [1.165, 1.54) is 4.90 Å². The van der Waals surface area contributed by atoms with Gasteiger partial charge in [-0.3, -0.25) is 9.59 Å². The van der Waals surface area contributed by atoms with E-state index in [1.54, 1.807) is 33.2 Å². The van der Waals surface area contributed by atoms with Gasteiger partial charge >= 0.3 is 0 Å². The van der Waals surface area contributed by atoms with E-state index in [-0.39, 0.29) is 18.4 Å². The van der Waals surface area contributed by atoms with E-state index >= 15 is 0 Å². The Labute approximate surface area is 132 Å². The number of hydrogen-bond acceptors (Lipinski definition) is 5. The fraction of sp³-hybridized carbons (Fsp3) is 0.867. The zero-order valence-corrected chi connectivity index (χ0v) is 14.2. The second-order valence-corrected chi connectivity index (χ2v) is 5.97. The van der Waals surface area contributed by atoms with Gasteiger partial charge in [0.05, 0.1) is 25.2 Å². The number of nitrogens with zero attached hydrogens (tertiary/aromatic N) is 2. The van der Waals surface area contributed by atoms with Crippen molar-refractivity contribution in [2.75, 3.05) is 67.7 Å². The van der Waals surface area contributed by atoms with Gasteiger partial charge in [0.25, 0.3) is 0 Å². The number of piperidine rings is 1. The Kier molecular flexibility index (Phi) is 7.78. The van der Waals surface area contributed by atoms with E-state index in [0.717, 1.165) is 25.9 Å². The predicted molar refractivity (Wildman–Crippen MR) is 83.6 cm³/mol. The first kappa shape index (κ1) is 18.9. The summed E-state index contributed by atoms with van der Waals surface area (Å²) in [5.41, 5.74) is -0.541. The lowest BCUT2D eigenvalue weighted by atomic mass is 9.78. The summed E-state index contributed by atoms with van der Waals surface area (Å²) in [6.45, 7) is 2.85. The lowest BCUT2D eigenvalue weighted by molar-refractivity contribution is -0.151. The average Bonchev–Trinajstić information content (AvgIpc) is 2.51. The predicted octanol–water partition coefficient (Wildman–Crippen LogP) is -0.434. The number of carbonyl (C=O) groups excluding carboxylic acids is 2. The van der Waals surface area contributed by atoms with E-state index in [1.807, 2.05) is 0 Å². The first-order valence-corrected chi connectivity index (χ1v) is 7.65. The van der Waals surface area contributed by atoms with Gasteiger partial charge in [-0.25, -0.2) is 0 Å². The van der Waals surface area contributed by atoms with Gasteiger partial charge in [0.2, 0.25) is 11.8 Å². The quantitative estimate of drug-likeness (QED) is 0.658. The highest BCUT2D eigenvalue weighted by Crippen LogP contribution is 2.31. The average molecular weight is 315 g/mol. The van der Waals surface area contributed by atoms with Gasteiger partial charge in [0.1, 0.15) is 0 Å². The van der Waals surface area contributed by atoms with Crippen LogP contribution in [-0.4, -0.2) is 89.3 Å². The monoisotopic (exact) mass is 315 g/mol. The van der Waals surface area contributed by atoms with E-state index in [0.29, 0.717) is 19.8 Å². The van der Waals surface area contributed by atoms with Crippen molar-refractivity contribution < 1.29 is 19.1 Å². The smallest absolute Gasteiger partial charge is 0.241 e. The molecule has 0 atom stereocenters. The minimum atomic E-state index is -0.541. The maximum atomic E-state index is 13.1. The molecule has 0 aromatic rings. The van der Waals surface area contributed by atoms with Gasteiger partial charge in [-0.1, -0.05) is 0 Å². The maximum absolute atomic E-state index is 13.1. The number of ether oxygens (including phenoxy) is 2. The number of rotatable bonds is 8. The molecule has 1 N–H and O–H groups in total. The number of hydrogen-bond donors (Lipinski definition) is 1. The van der Waals surface area contributed by atoms with Gasteiger partial charge in [0.15, 0.2) is 0 Å². The topological polar surface area (TPSA) is 71.1 Å².